The molecule has 0 amide bonds. The van der Waals surface area contributed by atoms with Gasteiger partial charge in [0.2, 0.25) is 0 Å². The van der Waals surface area contributed by atoms with E-state index < -0.39 is 0 Å². The van der Waals surface area contributed by atoms with Crippen LogP contribution in [0.25, 0.3) is 0 Å². The lowest BCUT2D eigenvalue weighted by molar-refractivity contribution is -0.176. The molecule has 1 aromatic carbocycles. The molecule has 3 rings (SSSR count). The summed E-state index contributed by atoms with van der Waals surface area (Å²) in [7, 11) is 0. The van der Waals surface area contributed by atoms with Crippen LogP contribution >= 0.6 is 0 Å². The minimum absolute atomic E-state index is 0.00998. The predicted molar refractivity (Wildman–Crippen MR) is 78.3 cm³/mol. The first-order valence-electron chi connectivity index (χ1n) is 7.71. The van der Waals surface area contributed by atoms with E-state index in [0.717, 1.165) is 25.9 Å². The molecule has 1 spiro atoms. The van der Waals surface area contributed by atoms with Crippen molar-refractivity contribution < 1.29 is 4.74 Å². The van der Waals surface area contributed by atoms with Gasteiger partial charge in [0, 0.05) is 19.5 Å². The van der Waals surface area contributed by atoms with Crippen molar-refractivity contribution in [3.8, 4) is 0 Å². The Kier molecular flexibility index (Phi) is 3.64. The Hall–Kier alpha value is -0.860. The molecule has 1 aliphatic heterocycles. The molecule has 0 aromatic heterocycles. The summed E-state index contributed by atoms with van der Waals surface area (Å²) in [4.78, 5) is 0. The van der Waals surface area contributed by atoms with Gasteiger partial charge >= 0.3 is 0 Å². The summed E-state index contributed by atoms with van der Waals surface area (Å²) < 4.78 is 6.71. The van der Waals surface area contributed by atoms with Crippen LogP contribution in [0.2, 0.25) is 0 Å². The topological polar surface area (TPSA) is 21.3 Å². The molecule has 2 aliphatic rings. The highest BCUT2D eigenvalue weighted by Crippen LogP contribution is 2.40. The Morgan fingerprint density at radius 2 is 1.84 bits per heavy atom. The summed E-state index contributed by atoms with van der Waals surface area (Å²) >= 11 is 0. The Balaban J connectivity index is 1.78. The van der Waals surface area contributed by atoms with Crippen LogP contribution in [0.3, 0.4) is 0 Å². The molecular formula is C17H25NO. The summed E-state index contributed by atoms with van der Waals surface area (Å²) in [6.45, 7) is 4.29. The first kappa shape index (κ1) is 13.1. The molecule has 0 bridgehead atoms. The fraction of sp³-hybridized carbons (Fsp3) is 0.647. The van der Waals surface area contributed by atoms with Crippen LogP contribution in [0.1, 0.15) is 44.6 Å². The van der Waals surface area contributed by atoms with Crippen molar-refractivity contribution in [2.75, 3.05) is 13.1 Å². The van der Waals surface area contributed by atoms with Gasteiger partial charge in [0.1, 0.15) is 0 Å². The molecule has 2 nitrogen and oxygen atoms in total. The van der Waals surface area contributed by atoms with E-state index >= 15 is 0 Å². The van der Waals surface area contributed by atoms with E-state index in [0.29, 0.717) is 0 Å². The average molecular weight is 259 g/mol. The van der Waals surface area contributed by atoms with E-state index in [1.54, 1.807) is 0 Å². The monoisotopic (exact) mass is 259 g/mol. The van der Waals surface area contributed by atoms with Crippen molar-refractivity contribution in [1.82, 2.24) is 5.32 Å². The Bertz CT molecular complexity index is 411. The Morgan fingerprint density at radius 3 is 2.53 bits per heavy atom. The largest absolute Gasteiger partial charge is 0.366 e. The van der Waals surface area contributed by atoms with E-state index in [2.05, 4.69) is 42.6 Å². The third kappa shape index (κ3) is 2.70. The van der Waals surface area contributed by atoms with E-state index in [1.807, 2.05) is 0 Å². The lowest BCUT2D eigenvalue weighted by Crippen LogP contribution is -2.60. The molecule has 1 aromatic rings. The maximum atomic E-state index is 6.71. The molecule has 1 unspecified atom stereocenters. The summed E-state index contributed by atoms with van der Waals surface area (Å²) in [5, 5.41) is 3.65. The zero-order chi connectivity index (χ0) is 13.2. The van der Waals surface area contributed by atoms with Gasteiger partial charge in [-0.15, -0.1) is 0 Å². The summed E-state index contributed by atoms with van der Waals surface area (Å²) in [5.41, 5.74) is 1.51. The van der Waals surface area contributed by atoms with E-state index in [-0.39, 0.29) is 11.2 Å². The quantitative estimate of drug-likeness (QED) is 0.899. The van der Waals surface area contributed by atoms with Crippen molar-refractivity contribution in [3.05, 3.63) is 35.9 Å². The van der Waals surface area contributed by atoms with E-state index in [9.17, 15) is 0 Å². The van der Waals surface area contributed by atoms with Gasteiger partial charge in [0.15, 0.2) is 0 Å². The van der Waals surface area contributed by atoms with Gasteiger partial charge in [-0.2, -0.15) is 0 Å². The first-order chi connectivity index (χ1) is 9.26. The molecule has 1 atom stereocenters. The van der Waals surface area contributed by atoms with Crippen molar-refractivity contribution in [1.29, 1.82) is 0 Å². The normalized spacial score (nSPS) is 29.7. The Morgan fingerprint density at radius 1 is 1.11 bits per heavy atom. The van der Waals surface area contributed by atoms with Crippen LogP contribution in [0, 0.1) is 0 Å². The van der Waals surface area contributed by atoms with E-state index in [1.165, 1.54) is 31.2 Å². The number of nitrogens with one attached hydrogen (secondary N) is 1. The van der Waals surface area contributed by atoms with Crippen LogP contribution < -0.4 is 5.32 Å². The van der Waals surface area contributed by atoms with Gasteiger partial charge in [-0.3, -0.25) is 0 Å². The van der Waals surface area contributed by atoms with Crippen LogP contribution in [0.4, 0.5) is 0 Å². The zero-order valence-corrected chi connectivity index (χ0v) is 12.0. The van der Waals surface area contributed by atoms with Crippen molar-refractivity contribution in [2.24, 2.45) is 0 Å². The molecule has 19 heavy (non-hydrogen) atoms. The lowest BCUT2D eigenvalue weighted by Gasteiger charge is -2.47. The summed E-state index contributed by atoms with van der Waals surface area (Å²) in [6, 6.07) is 10.8. The minimum atomic E-state index is -0.00998. The van der Waals surface area contributed by atoms with Gasteiger partial charge in [-0.1, -0.05) is 50.1 Å². The first-order valence-corrected chi connectivity index (χ1v) is 7.71. The second-order valence-corrected chi connectivity index (χ2v) is 6.29. The maximum absolute atomic E-state index is 6.71. The number of rotatable bonds is 3. The highest BCUT2D eigenvalue weighted by Gasteiger charge is 2.46. The molecule has 2 fully saturated rings. The minimum Gasteiger partial charge on any atom is -0.366 e. The third-order valence-electron chi connectivity index (χ3n) is 4.86. The highest BCUT2D eigenvalue weighted by atomic mass is 16.5. The molecular weight excluding hydrogens is 234 g/mol. The smallest absolute Gasteiger partial charge is 0.0851 e. The SMILES string of the molecule is CCC1(Cc2ccccc2)CNCC2(CCCC2)O1. The summed E-state index contributed by atoms with van der Waals surface area (Å²) in [5.74, 6) is 0. The van der Waals surface area contributed by atoms with Crippen molar-refractivity contribution in [3.63, 3.8) is 0 Å². The molecule has 104 valence electrons. The van der Waals surface area contributed by atoms with Gasteiger partial charge in [0.05, 0.1) is 11.2 Å². The molecule has 1 saturated heterocycles. The van der Waals surface area contributed by atoms with Crippen LogP contribution in [0.15, 0.2) is 30.3 Å². The fourth-order valence-corrected chi connectivity index (χ4v) is 3.74. The third-order valence-corrected chi connectivity index (χ3v) is 4.86. The average Bonchev–Trinajstić information content (AvgIpc) is 2.88. The predicted octanol–water partition coefficient (Wildman–Crippen LogP) is 3.31. The number of hydrogen-bond acceptors (Lipinski definition) is 2. The number of morpholine rings is 1. The summed E-state index contributed by atoms with van der Waals surface area (Å²) in [6.07, 6.45) is 7.22. The zero-order valence-electron chi connectivity index (χ0n) is 12.0. The standard InChI is InChI=1S/C17H25NO/c1-2-16(12-15-8-4-3-5-9-15)13-18-14-17(19-16)10-6-7-11-17/h3-5,8-9,18H,2,6-7,10-14H2,1H3. The number of ether oxygens (including phenoxy) is 1. The van der Waals surface area contributed by atoms with Crippen LogP contribution in [-0.4, -0.2) is 24.3 Å². The van der Waals surface area contributed by atoms with Gasteiger partial charge in [0.25, 0.3) is 0 Å². The van der Waals surface area contributed by atoms with Gasteiger partial charge < -0.3 is 10.1 Å². The maximum Gasteiger partial charge on any atom is 0.0851 e. The van der Waals surface area contributed by atoms with E-state index in [4.69, 9.17) is 4.74 Å². The van der Waals surface area contributed by atoms with Crippen LogP contribution in [-0.2, 0) is 11.2 Å². The second-order valence-electron chi connectivity index (χ2n) is 6.29. The molecule has 1 N–H and O–H groups in total. The molecule has 2 heteroatoms. The molecule has 1 heterocycles. The fourth-order valence-electron chi connectivity index (χ4n) is 3.74. The lowest BCUT2D eigenvalue weighted by atomic mass is 9.87. The number of benzene rings is 1. The van der Waals surface area contributed by atoms with Gasteiger partial charge in [-0.05, 0) is 24.8 Å². The second kappa shape index (κ2) is 5.26. The van der Waals surface area contributed by atoms with Gasteiger partial charge in [-0.25, -0.2) is 0 Å². The molecule has 0 radical (unpaired) electrons. The molecule has 1 saturated carbocycles. The molecule has 1 aliphatic carbocycles. The van der Waals surface area contributed by atoms with Crippen LogP contribution in [0.5, 0.6) is 0 Å². The highest BCUT2D eigenvalue weighted by molar-refractivity contribution is 5.18. The Labute approximate surface area is 116 Å². The van der Waals surface area contributed by atoms with Crippen molar-refractivity contribution >= 4 is 0 Å². The number of hydrogen-bond donors (Lipinski definition) is 1. The van der Waals surface area contributed by atoms with Crippen molar-refractivity contribution in [2.45, 2.75) is 56.7 Å².